The normalized spacial score (nSPS) is 16.0. The van der Waals surface area contributed by atoms with E-state index in [4.69, 9.17) is 0 Å². The summed E-state index contributed by atoms with van der Waals surface area (Å²) in [7, 11) is 0. The van der Waals surface area contributed by atoms with Gasteiger partial charge >= 0.3 is 0 Å². The Bertz CT molecular complexity index is 1020. The van der Waals surface area contributed by atoms with E-state index in [0.717, 1.165) is 23.1 Å². The molecule has 150 valence electrons. The SMILES string of the molecule is CCN(c1ccccc1)C1(C(C)=O)CCN(C(=O)c2ccc3[nH]ccc3c2)CC1. The summed E-state index contributed by atoms with van der Waals surface area (Å²) in [5, 5.41) is 1.03. The second-order valence-electron chi connectivity index (χ2n) is 7.74. The number of fused-ring (bicyclic) bond motifs is 1. The van der Waals surface area contributed by atoms with E-state index >= 15 is 0 Å². The summed E-state index contributed by atoms with van der Waals surface area (Å²) < 4.78 is 0. The maximum atomic E-state index is 13.1. The van der Waals surface area contributed by atoms with Crippen LogP contribution >= 0.6 is 0 Å². The number of ketones is 1. The highest BCUT2D eigenvalue weighted by Gasteiger charge is 2.44. The number of hydrogen-bond acceptors (Lipinski definition) is 3. The standard InChI is InChI=1S/C24H27N3O2/c1-3-27(21-7-5-4-6-8-21)24(18(2)28)12-15-26(16-13-24)23(29)20-9-10-22-19(17-20)11-14-25-22/h4-11,14,17,25H,3,12-13,15-16H2,1-2H3. The number of H-pyrrole nitrogens is 1. The molecule has 1 fully saturated rings. The molecule has 0 spiro atoms. The number of nitrogens with one attached hydrogen (secondary N) is 1. The number of likely N-dealkylation sites (tertiary alicyclic amines) is 1. The van der Waals surface area contributed by atoms with Crippen LogP contribution in [0.3, 0.4) is 0 Å². The monoisotopic (exact) mass is 389 g/mol. The first-order valence-corrected chi connectivity index (χ1v) is 10.3. The van der Waals surface area contributed by atoms with Gasteiger partial charge in [0, 0.05) is 48.0 Å². The fourth-order valence-corrected chi connectivity index (χ4v) is 4.60. The van der Waals surface area contributed by atoms with Crippen LogP contribution in [0.15, 0.2) is 60.8 Å². The molecular weight excluding hydrogens is 362 g/mol. The topological polar surface area (TPSA) is 56.4 Å². The van der Waals surface area contributed by atoms with Crippen molar-refractivity contribution in [3.05, 3.63) is 66.4 Å². The number of hydrogen-bond donors (Lipinski definition) is 1. The number of likely N-dealkylation sites (N-methyl/N-ethyl adjacent to an activating group) is 1. The van der Waals surface area contributed by atoms with Crippen LogP contribution in [0.2, 0.25) is 0 Å². The molecule has 0 saturated carbocycles. The molecule has 3 aromatic rings. The Kier molecular flexibility index (Phi) is 5.14. The number of aromatic amines is 1. The molecular formula is C24H27N3O2. The Balaban J connectivity index is 1.55. The van der Waals surface area contributed by atoms with Crippen LogP contribution < -0.4 is 4.90 Å². The quantitative estimate of drug-likeness (QED) is 0.709. The average molecular weight is 389 g/mol. The largest absolute Gasteiger partial charge is 0.361 e. The predicted molar refractivity (Wildman–Crippen MR) is 116 cm³/mol. The van der Waals surface area contributed by atoms with Gasteiger partial charge in [-0.2, -0.15) is 0 Å². The van der Waals surface area contributed by atoms with Crippen molar-refractivity contribution in [2.75, 3.05) is 24.5 Å². The number of Topliss-reactive ketones (excluding diaryl/α,β-unsaturated/α-hetero) is 1. The van der Waals surface area contributed by atoms with Gasteiger partial charge in [-0.05, 0) is 63.1 Å². The number of para-hydroxylation sites is 1. The molecule has 29 heavy (non-hydrogen) atoms. The van der Waals surface area contributed by atoms with Crippen LogP contribution in [-0.2, 0) is 4.79 Å². The summed E-state index contributed by atoms with van der Waals surface area (Å²) in [4.78, 5) is 33.1. The van der Waals surface area contributed by atoms with Crippen molar-refractivity contribution in [1.82, 2.24) is 9.88 Å². The van der Waals surface area contributed by atoms with Crippen molar-refractivity contribution < 1.29 is 9.59 Å². The van der Waals surface area contributed by atoms with Crippen molar-refractivity contribution in [2.24, 2.45) is 0 Å². The van der Waals surface area contributed by atoms with Crippen LogP contribution in [-0.4, -0.2) is 46.7 Å². The zero-order chi connectivity index (χ0) is 20.4. The molecule has 1 aliphatic heterocycles. The zero-order valence-corrected chi connectivity index (χ0v) is 17.0. The average Bonchev–Trinajstić information content (AvgIpc) is 3.23. The number of nitrogens with zero attached hydrogens (tertiary/aromatic N) is 2. The number of piperidine rings is 1. The lowest BCUT2D eigenvalue weighted by Crippen LogP contribution is -2.60. The number of benzene rings is 2. The molecule has 0 aliphatic carbocycles. The molecule has 0 radical (unpaired) electrons. The van der Waals surface area contributed by atoms with Crippen molar-refractivity contribution in [1.29, 1.82) is 0 Å². The number of rotatable bonds is 5. The van der Waals surface area contributed by atoms with Crippen LogP contribution in [0.25, 0.3) is 10.9 Å². The second kappa shape index (κ2) is 7.74. The minimum Gasteiger partial charge on any atom is -0.361 e. The lowest BCUT2D eigenvalue weighted by atomic mass is 9.81. The third-order valence-electron chi connectivity index (χ3n) is 6.23. The number of aromatic nitrogens is 1. The van der Waals surface area contributed by atoms with E-state index in [0.29, 0.717) is 31.5 Å². The first kappa shape index (κ1) is 19.2. The molecule has 0 bridgehead atoms. The van der Waals surface area contributed by atoms with Gasteiger partial charge in [0.1, 0.15) is 5.54 Å². The molecule has 1 N–H and O–H groups in total. The van der Waals surface area contributed by atoms with Crippen LogP contribution in [0.5, 0.6) is 0 Å². The second-order valence-corrected chi connectivity index (χ2v) is 7.74. The molecule has 4 rings (SSSR count). The summed E-state index contributed by atoms with van der Waals surface area (Å²) >= 11 is 0. The maximum absolute atomic E-state index is 13.1. The third kappa shape index (κ3) is 3.41. The van der Waals surface area contributed by atoms with Crippen LogP contribution in [0.1, 0.15) is 37.0 Å². The predicted octanol–water partition coefficient (Wildman–Crippen LogP) is 4.26. The highest BCUT2D eigenvalue weighted by Crippen LogP contribution is 2.34. The number of amides is 1. The maximum Gasteiger partial charge on any atom is 0.253 e. The summed E-state index contributed by atoms with van der Waals surface area (Å²) in [6, 6.07) is 17.8. The Morgan fingerprint density at radius 3 is 2.45 bits per heavy atom. The molecule has 1 amide bonds. The van der Waals surface area contributed by atoms with E-state index in [1.165, 1.54) is 0 Å². The minimum absolute atomic E-state index is 0.0352. The van der Waals surface area contributed by atoms with Crippen molar-refractivity contribution >= 4 is 28.3 Å². The molecule has 5 heteroatoms. The lowest BCUT2D eigenvalue weighted by molar-refractivity contribution is -0.123. The first-order chi connectivity index (χ1) is 14.0. The molecule has 0 unspecified atom stereocenters. The van der Waals surface area contributed by atoms with Gasteiger partial charge in [0.15, 0.2) is 5.78 Å². The van der Waals surface area contributed by atoms with Crippen LogP contribution in [0.4, 0.5) is 5.69 Å². The van der Waals surface area contributed by atoms with Crippen LogP contribution in [0, 0.1) is 0 Å². The van der Waals surface area contributed by atoms with Gasteiger partial charge in [0.25, 0.3) is 5.91 Å². The fourth-order valence-electron chi connectivity index (χ4n) is 4.60. The Labute approximate surface area is 171 Å². The zero-order valence-electron chi connectivity index (χ0n) is 17.0. The van der Waals surface area contributed by atoms with E-state index in [9.17, 15) is 9.59 Å². The summed E-state index contributed by atoms with van der Waals surface area (Å²) in [5.74, 6) is 0.206. The smallest absolute Gasteiger partial charge is 0.253 e. The lowest BCUT2D eigenvalue weighted by Gasteiger charge is -2.48. The molecule has 2 aromatic carbocycles. The van der Waals surface area contributed by atoms with Gasteiger partial charge < -0.3 is 14.8 Å². The fraction of sp³-hybridized carbons (Fsp3) is 0.333. The Morgan fingerprint density at radius 1 is 1.07 bits per heavy atom. The van der Waals surface area contributed by atoms with Gasteiger partial charge in [0.05, 0.1) is 0 Å². The van der Waals surface area contributed by atoms with Gasteiger partial charge in [-0.1, -0.05) is 18.2 Å². The molecule has 1 aliphatic rings. The summed E-state index contributed by atoms with van der Waals surface area (Å²) in [6.45, 7) is 5.67. The molecule has 5 nitrogen and oxygen atoms in total. The van der Waals surface area contributed by atoms with Crippen molar-refractivity contribution in [3.8, 4) is 0 Å². The van der Waals surface area contributed by atoms with Crippen molar-refractivity contribution in [2.45, 2.75) is 32.2 Å². The van der Waals surface area contributed by atoms with E-state index in [1.54, 1.807) is 6.92 Å². The third-order valence-corrected chi connectivity index (χ3v) is 6.23. The Morgan fingerprint density at radius 2 is 1.79 bits per heavy atom. The van der Waals surface area contributed by atoms with Crippen molar-refractivity contribution in [3.63, 3.8) is 0 Å². The molecule has 2 heterocycles. The van der Waals surface area contributed by atoms with Gasteiger partial charge in [-0.25, -0.2) is 0 Å². The minimum atomic E-state index is -0.558. The highest BCUT2D eigenvalue weighted by molar-refractivity contribution is 5.98. The molecule has 0 atom stereocenters. The van der Waals surface area contributed by atoms with Gasteiger partial charge in [-0.15, -0.1) is 0 Å². The van der Waals surface area contributed by atoms with Gasteiger partial charge in [-0.3, -0.25) is 9.59 Å². The summed E-state index contributed by atoms with van der Waals surface area (Å²) in [5.41, 5.74) is 2.22. The van der Waals surface area contributed by atoms with Gasteiger partial charge in [0.2, 0.25) is 0 Å². The first-order valence-electron chi connectivity index (χ1n) is 10.3. The molecule has 1 saturated heterocycles. The Hall–Kier alpha value is -3.08. The number of carbonyl (C=O) groups excluding carboxylic acids is 2. The van der Waals surface area contributed by atoms with E-state index in [2.05, 4.69) is 28.9 Å². The number of carbonyl (C=O) groups is 2. The number of anilines is 1. The van der Waals surface area contributed by atoms with E-state index in [1.807, 2.05) is 53.6 Å². The molecule has 1 aromatic heterocycles. The van der Waals surface area contributed by atoms with E-state index in [-0.39, 0.29) is 11.7 Å². The highest BCUT2D eigenvalue weighted by atomic mass is 16.2. The summed E-state index contributed by atoms with van der Waals surface area (Å²) in [6.07, 6.45) is 3.16. The van der Waals surface area contributed by atoms with E-state index < -0.39 is 5.54 Å².